The molecule has 0 aliphatic heterocycles. The maximum absolute atomic E-state index is 13.1. The second-order valence-electron chi connectivity index (χ2n) is 8.28. The first-order chi connectivity index (χ1) is 14.2. The fraction of sp³-hybridized carbons (Fsp3) is 0.458. The summed E-state index contributed by atoms with van der Waals surface area (Å²) in [6.45, 7) is 5.61. The normalized spacial score (nSPS) is 15.7. The van der Waals surface area contributed by atoms with Crippen molar-refractivity contribution in [2.24, 2.45) is 0 Å². The molecule has 0 heterocycles. The number of carbonyl (C=O) groups excluding carboxylic acids is 1. The summed E-state index contributed by atoms with van der Waals surface area (Å²) >= 11 is 0. The lowest BCUT2D eigenvalue weighted by atomic mass is 9.88. The van der Waals surface area contributed by atoms with Crippen molar-refractivity contribution in [3.05, 3.63) is 64.7 Å². The van der Waals surface area contributed by atoms with Crippen molar-refractivity contribution in [2.45, 2.75) is 65.0 Å². The van der Waals surface area contributed by atoms with Crippen LogP contribution in [-0.2, 0) is 27.7 Å². The molecule has 2 aromatic carbocycles. The highest BCUT2D eigenvalue weighted by atomic mass is 32.2. The molecule has 0 saturated carbocycles. The zero-order valence-corrected chi connectivity index (χ0v) is 19.1. The Hall–Kier alpha value is -2.34. The Kier molecular flexibility index (Phi) is 6.86. The topological polar surface area (TPSA) is 66.5 Å². The van der Waals surface area contributed by atoms with Gasteiger partial charge in [0.25, 0.3) is 0 Å². The van der Waals surface area contributed by atoms with Gasteiger partial charge in [-0.2, -0.15) is 0 Å². The number of aryl methyl sites for hydroxylation is 3. The number of hydrogen-bond acceptors (Lipinski definition) is 3. The van der Waals surface area contributed by atoms with Gasteiger partial charge < -0.3 is 5.32 Å². The molecule has 1 amide bonds. The molecule has 0 aromatic heterocycles. The summed E-state index contributed by atoms with van der Waals surface area (Å²) in [5.41, 5.74) is 5.38. The van der Waals surface area contributed by atoms with E-state index < -0.39 is 16.1 Å². The molecule has 0 fully saturated rings. The number of hydrogen-bond donors (Lipinski definition) is 1. The Bertz CT molecular complexity index is 1000. The third kappa shape index (κ3) is 5.04. The zero-order chi connectivity index (χ0) is 21.9. The van der Waals surface area contributed by atoms with Crippen molar-refractivity contribution < 1.29 is 13.2 Å². The molecular formula is C24H32N2O3S. The van der Waals surface area contributed by atoms with Gasteiger partial charge in [0.05, 0.1) is 18.0 Å². The molecule has 5 nitrogen and oxygen atoms in total. The quantitative estimate of drug-likeness (QED) is 0.715. The molecule has 0 spiro atoms. The molecule has 0 radical (unpaired) electrons. The molecule has 1 aliphatic carbocycles. The number of carbonyl (C=O) groups is 1. The van der Waals surface area contributed by atoms with Crippen molar-refractivity contribution >= 4 is 21.6 Å². The number of fused-ring (bicyclic) bond motifs is 1. The predicted molar refractivity (Wildman–Crippen MR) is 122 cm³/mol. The van der Waals surface area contributed by atoms with Gasteiger partial charge in [-0.25, -0.2) is 8.42 Å². The van der Waals surface area contributed by atoms with Crippen molar-refractivity contribution in [3.63, 3.8) is 0 Å². The summed E-state index contributed by atoms with van der Waals surface area (Å²) in [5.74, 6) is -0.300. The van der Waals surface area contributed by atoms with Crippen LogP contribution in [0.25, 0.3) is 0 Å². The molecule has 6 heteroatoms. The van der Waals surface area contributed by atoms with Crippen LogP contribution in [0.3, 0.4) is 0 Å². The van der Waals surface area contributed by atoms with Crippen LogP contribution in [0.1, 0.15) is 61.4 Å². The monoisotopic (exact) mass is 428 g/mol. The van der Waals surface area contributed by atoms with Gasteiger partial charge in [-0.3, -0.25) is 9.10 Å². The van der Waals surface area contributed by atoms with Crippen LogP contribution >= 0.6 is 0 Å². The van der Waals surface area contributed by atoms with Gasteiger partial charge in [0, 0.05) is 0 Å². The number of anilines is 1. The van der Waals surface area contributed by atoms with E-state index in [2.05, 4.69) is 23.5 Å². The Morgan fingerprint density at radius 1 is 1.07 bits per heavy atom. The van der Waals surface area contributed by atoms with Crippen molar-refractivity contribution in [3.8, 4) is 0 Å². The number of benzene rings is 2. The number of sulfonamides is 1. The van der Waals surface area contributed by atoms with E-state index in [1.165, 1.54) is 28.3 Å². The van der Waals surface area contributed by atoms with E-state index in [0.717, 1.165) is 36.6 Å². The van der Waals surface area contributed by atoms with Gasteiger partial charge in [-0.15, -0.1) is 0 Å². The van der Waals surface area contributed by atoms with E-state index in [1.807, 2.05) is 26.0 Å². The van der Waals surface area contributed by atoms with Gasteiger partial charge in [0.1, 0.15) is 6.04 Å². The highest BCUT2D eigenvalue weighted by Crippen LogP contribution is 2.27. The van der Waals surface area contributed by atoms with E-state index in [0.29, 0.717) is 5.69 Å². The predicted octanol–water partition coefficient (Wildman–Crippen LogP) is 4.30. The molecular weight excluding hydrogens is 396 g/mol. The maximum Gasteiger partial charge on any atom is 0.244 e. The van der Waals surface area contributed by atoms with Gasteiger partial charge >= 0.3 is 0 Å². The molecule has 1 N–H and O–H groups in total. The third-order valence-corrected chi connectivity index (χ3v) is 7.12. The van der Waals surface area contributed by atoms with Crippen molar-refractivity contribution in [1.82, 2.24) is 5.32 Å². The summed E-state index contributed by atoms with van der Waals surface area (Å²) in [6.07, 6.45) is 6.52. The zero-order valence-electron chi connectivity index (χ0n) is 18.3. The summed E-state index contributed by atoms with van der Waals surface area (Å²) < 4.78 is 26.2. The SMILES string of the molecule is CC[C@H](NC(=O)[C@@H](C)N(c1ccc(C)cc1)S(C)(=O)=O)c1ccc2c(c1)CCCC2. The summed E-state index contributed by atoms with van der Waals surface area (Å²) in [5, 5.41) is 3.08. The minimum atomic E-state index is -3.62. The van der Waals surface area contributed by atoms with Crippen LogP contribution in [-0.4, -0.2) is 26.6 Å². The molecule has 2 atom stereocenters. The van der Waals surface area contributed by atoms with Gasteiger partial charge in [-0.05, 0) is 74.8 Å². The Morgan fingerprint density at radius 2 is 1.70 bits per heavy atom. The molecule has 0 bridgehead atoms. The summed E-state index contributed by atoms with van der Waals surface area (Å²) in [7, 11) is -3.62. The number of amides is 1. The maximum atomic E-state index is 13.1. The number of nitrogens with zero attached hydrogens (tertiary/aromatic N) is 1. The van der Waals surface area contributed by atoms with E-state index in [1.54, 1.807) is 19.1 Å². The largest absolute Gasteiger partial charge is 0.347 e. The van der Waals surface area contributed by atoms with Gasteiger partial charge in [0.15, 0.2) is 0 Å². The summed E-state index contributed by atoms with van der Waals surface area (Å²) in [4.78, 5) is 13.1. The molecule has 0 saturated heterocycles. The average molecular weight is 429 g/mol. The first-order valence-electron chi connectivity index (χ1n) is 10.7. The van der Waals surface area contributed by atoms with Crippen LogP contribution < -0.4 is 9.62 Å². The molecule has 3 rings (SSSR count). The molecule has 162 valence electrons. The second kappa shape index (κ2) is 9.21. The van der Waals surface area contributed by atoms with Gasteiger partial charge in [0.2, 0.25) is 15.9 Å². The smallest absolute Gasteiger partial charge is 0.244 e. The molecule has 30 heavy (non-hydrogen) atoms. The van der Waals surface area contributed by atoms with E-state index in [4.69, 9.17) is 0 Å². The summed E-state index contributed by atoms with van der Waals surface area (Å²) in [6, 6.07) is 12.7. The van der Waals surface area contributed by atoms with E-state index in [-0.39, 0.29) is 11.9 Å². The first kappa shape index (κ1) is 22.3. The van der Waals surface area contributed by atoms with E-state index in [9.17, 15) is 13.2 Å². The molecule has 2 aromatic rings. The van der Waals surface area contributed by atoms with Crippen LogP contribution in [0.15, 0.2) is 42.5 Å². The third-order valence-electron chi connectivity index (χ3n) is 5.88. The Labute approximate surface area is 180 Å². The minimum Gasteiger partial charge on any atom is -0.347 e. The average Bonchev–Trinajstić information content (AvgIpc) is 2.72. The fourth-order valence-corrected chi connectivity index (χ4v) is 5.36. The lowest BCUT2D eigenvalue weighted by molar-refractivity contribution is -0.122. The van der Waals surface area contributed by atoms with Crippen LogP contribution in [0.2, 0.25) is 0 Å². The first-order valence-corrected chi connectivity index (χ1v) is 12.5. The van der Waals surface area contributed by atoms with Crippen LogP contribution in [0, 0.1) is 6.92 Å². The lowest BCUT2D eigenvalue weighted by Crippen LogP contribution is -2.48. The van der Waals surface area contributed by atoms with Crippen LogP contribution in [0.5, 0.6) is 0 Å². The van der Waals surface area contributed by atoms with Gasteiger partial charge in [-0.1, -0.05) is 42.8 Å². The number of rotatable bonds is 7. The van der Waals surface area contributed by atoms with E-state index >= 15 is 0 Å². The second-order valence-corrected chi connectivity index (χ2v) is 10.1. The Morgan fingerprint density at radius 3 is 2.30 bits per heavy atom. The lowest BCUT2D eigenvalue weighted by Gasteiger charge is -2.30. The fourth-order valence-electron chi connectivity index (χ4n) is 4.18. The standard InChI is InChI=1S/C24H32N2O3S/c1-5-23(21-13-12-19-8-6-7-9-20(19)16-21)25-24(27)18(3)26(30(4,28)29)22-14-10-17(2)11-15-22/h10-16,18,23H,5-9H2,1-4H3,(H,25,27)/t18-,23+/m1/s1. The van der Waals surface area contributed by atoms with Crippen LogP contribution in [0.4, 0.5) is 5.69 Å². The number of nitrogens with one attached hydrogen (secondary N) is 1. The van der Waals surface area contributed by atoms with Crippen molar-refractivity contribution in [2.75, 3.05) is 10.6 Å². The Balaban J connectivity index is 1.82. The highest BCUT2D eigenvalue weighted by molar-refractivity contribution is 7.92. The highest BCUT2D eigenvalue weighted by Gasteiger charge is 2.30. The minimum absolute atomic E-state index is 0.147. The molecule has 0 unspecified atom stereocenters. The molecule has 1 aliphatic rings. The van der Waals surface area contributed by atoms with Crippen molar-refractivity contribution in [1.29, 1.82) is 0 Å².